The SMILES string of the molecule is COC(=O)[C@]12Oc3cc(C)cc(O)c3C(=O)C1=CC=C[C@H]2OC(=O)[C@@]12CC[C@@](C)(C(=O)O1)C2(C)C. The number of hydrogen-bond donors (Lipinski definition) is 1. The highest BCUT2D eigenvalue weighted by Crippen LogP contribution is 2.66. The van der Waals surface area contributed by atoms with Gasteiger partial charge in [-0.25, -0.2) is 9.59 Å². The number of carbonyl (C=O) groups excluding carboxylic acids is 4. The number of ether oxygens (including phenoxy) is 4. The first-order valence-corrected chi connectivity index (χ1v) is 11.3. The van der Waals surface area contributed by atoms with Gasteiger partial charge >= 0.3 is 17.9 Å². The van der Waals surface area contributed by atoms with E-state index < -0.39 is 51.8 Å². The van der Waals surface area contributed by atoms with E-state index in [9.17, 15) is 24.3 Å². The molecule has 2 fully saturated rings. The molecule has 184 valence electrons. The Labute approximate surface area is 201 Å². The molecule has 1 saturated heterocycles. The molecule has 1 aromatic carbocycles. The average Bonchev–Trinajstić information content (AvgIpc) is 3.09. The molecule has 2 heterocycles. The highest BCUT2D eigenvalue weighted by molar-refractivity contribution is 6.19. The van der Waals surface area contributed by atoms with E-state index in [0.717, 1.165) is 7.11 Å². The van der Waals surface area contributed by atoms with Gasteiger partial charge in [-0.2, -0.15) is 0 Å². The van der Waals surface area contributed by atoms with Crippen molar-refractivity contribution in [1.82, 2.24) is 0 Å². The van der Waals surface area contributed by atoms with Gasteiger partial charge in [0.1, 0.15) is 17.1 Å². The number of carbonyl (C=O) groups is 4. The molecule has 0 aromatic heterocycles. The monoisotopic (exact) mass is 482 g/mol. The Morgan fingerprint density at radius 3 is 2.40 bits per heavy atom. The van der Waals surface area contributed by atoms with Crippen molar-refractivity contribution >= 4 is 23.7 Å². The Hall–Kier alpha value is -3.62. The van der Waals surface area contributed by atoms with Gasteiger partial charge < -0.3 is 24.1 Å². The van der Waals surface area contributed by atoms with Crippen molar-refractivity contribution in [2.24, 2.45) is 10.8 Å². The molecular weight excluding hydrogens is 456 g/mol. The third kappa shape index (κ3) is 2.58. The number of Topliss-reactive ketones (excluding diaryl/α,β-unsaturated/α-hetero) is 1. The Balaban J connectivity index is 1.60. The summed E-state index contributed by atoms with van der Waals surface area (Å²) in [5.74, 6) is -3.25. The minimum absolute atomic E-state index is 0.0365. The number of allylic oxidation sites excluding steroid dienone is 2. The number of fused-ring (bicyclic) bond motifs is 4. The zero-order valence-electron chi connectivity index (χ0n) is 20.1. The molecule has 0 amide bonds. The molecule has 0 radical (unpaired) electrons. The van der Waals surface area contributed by atoms with E-state index in [4.69, 9.17) is 18.9 Å². The van der Waals surface area contributed by atoms with Crippen molar-refractivity contribution in [2.75, 3.05) is 7.11 Å². The van der Waals surface area contributed by atoms with E-state index in [-0.39, 0.29) is 29.1 Å². The van der Waals surface area contributed by atoms with Gasteiger partial charge in [-0.1, -0.05) is 26.0 Å². The van der Waals surface area contributed by atoms with Crippen LogP contribution in [0.5, 0.6) is 11.5 Å². The van der Waals surface area contributed by atoms with Gasteiger partial charge in [0.25, 0.3) is 5.60 Å². The van der Waals surface area contributed by atoms with Crippen LogP contribution in [0, 0.1) is 17.8 Å². The number of esters is 3. The predicted molar refractivity (Wildman–Crippen MR) is 120 cm³/mol. The van der Waals surface area contributed by atoms with Gasteiger partial charge in [-0.15, -0.1) is 0 Å². The number of aromatic hydroxyl groups is 1. The number of aryl methyl sites for hydroxylation is 1. The number of hydrogen-bond acceptors (Lipinski definition) is 9. The number of phenols is 1. The van der Waals surface area contributed by atoms with Crippen LogP contribution in [0.3, 0.4) is 0 Å². The molecule has 9 nitrogen and oxygen atoms in total. The summed E-state index contributed by atoms with van der Waals surface area (Å²) >= 11 is 0. The second-order valence-electron chi connectivity index (χ2n) is 10.3. The lowest BCUT2D eigenvalue weighted by Crippen LogP contribution is -2.62. The molecule has 2 aliphatic carbocycles. The Morgan fingerprint density at radius 1 is 1.09 bits per heavy atom. The quantitative estimate of drug-likeness (QED) is 0.511. The van der Waals surface area contributed by atoms with Crippen LogP contribution in [0.25, 0.3) is 0 Å². The van der Waals surface area contributed by atoms with E-state index >= 15 is 0 Å². The molecule has 9 heteroatoms. The largest absolute Gasteiger partial charge is 0.507 e. The molecule has 4 atom stereocenters. The van der Waals surface area contributed by atoms with E-state index in [1.807, 2.05) is 0 Å². The third-order valence-electron chi connectivity index (χ3n) is 8.45. The van der Waals surface area contributed by atoms with Crippen LogP contribution in [0.1, 0.15) is 49.5 Å². The summed E-state index contributed by atoms with van der Waals surface area (Å²) in [5.41, 5.74) is -5.07. The molecular formula is C26H26O9. The van der Waals surface area contributed by atoms with Crippen molar-refractivity contribution in [2.45, 2.75) is 57.8 Å². The smallest absolute Gasteiger partial charge is 0.359 e. The fraction of sp³-hybridized carbons (Fsp3) is 0.462. The molecule has 2 bridgehead atoms. The number of ketones is 1. The summed E-state index contributed by atoms with van der Waals surface area (Å²) in [4.78, 5) is 53.0. The van der Waals surface area contributed by atoms with Crippen molar-refractivity contribution in [3.63, 3.8) is 0 Å². The Bertz CT molecular complexity index is 1270. The summed E-state index contributed by atoms with van der Waals surface area (Å²) < 4.78 is 22.6. The summed E-state index contributed by atoms with van der Waals surface area (Å²) in [5, 5.41) is 10.4. The van der Waals surface area contributed by atoms with Crippen LogP contribution < -0.4 is 4.74 Å². The summed E-state index contributed by atoms with van der Waals surface area (Å²) in [6.07, 6.45) is 3.56. The van der Waals surface area contributed by atoms with Crippen molar-refractivity contribution < 1.29 is 43.2 Å². The molecule has 1 saturated carbocycles. The highest BCUT2D eigenvalue weighted by atomic mass is 16.6. The normalized spacial score (nSPS) is 33.7. The summed E-state index contributed by atoms with van der Waals surface area (Å²) in [6.45, 7) is 7.03. The van der Waals surface area contributed by atoms with Gasteiger partial charge in [-0.3, -0.25) is 9.59 Å². The molecule has 1 N–H and O–H groups in total. The van der Waals surface area contributed by atoms with E-state index in [1.165, 1.54) is 30.4 Å². The van der Waals surface area contributed by atoms with Gasteiger partial charge in [0, 0.05) is 5.41 Å². The molecule has 2 aliphatic heterocycles. The molecule has 0 unspecified atom stereocenters. The van der Waals surface area contributed by atoms with E-state index in [2.05, 4.69) is 0 Å². The highest BCUT2D eigenvalue weighted by Gasteiger charge is 2.77. The van der Waals surface area contributed by atoms with Crippen LogP contribution in [0.15, 0.2) is 35.9 Å². The van der Waals surface area contributed by atoms with E-state index in [1.54, 1.807) is 27.7 Å². The van der Waals surface area contributed by atoms with Gasteiger partial charge in [0.15, 0.2) is 6.10 Å². The van der Waals surface area contributed by atoms with Gasteiger partial charge in [0.05, 0.1) is 18.1 Å². The lowest BCUT2D eigenvalue weighted by Gasteiger charge is -2.43. The van der Waals surface area contributed by atoms with Crippen molar-refractivity contribution in [1.29, 1.82) is 0 Å². The van der Waals surface area contributed by atoms with E-state index in [0.29, 0.717) is 12.0 Å². The Kier molecular flexibility index (Phi) is 4.60. The topological polar surface area (TPSA) is 125 Å². The fourth-order valence-electron chi connectivity index (χ4n) is 5.83. The maximum atomic E-state index is 13.7. The lowest BCUT2D eigenvalue weighted by atomic mass is 9.66. The second kappa shape index (κ2) is 6.96. The number of benzene rings is 1. The van der Waals surface area contributed by atoms with Crippen LogP contribution in [0.4, 0.5) is 0 Å². The fourth-order valence-corrected chi connectivity index (χ4v) is 5.83. The summed E-state index contributed by atoms with van der Waals surface area (Å²) in [7, 11) is 1.13. The van der Waals surface area contributed by atoms with Crippen molar-refractivity contribution in [3.8, 4) is 11.5 Å². The molecule has 1 aromatic rings. The maximum absolute atomic E-state index is 13.7. The minimum Gasteiger partial charge on any atom is -0.507 e. The first-order chi connectivity index (χ1) is 16.4. The predicted octanol–water partition coefficient (Wildman–Crippen LogP) is 2.72. The number of rotatable bonds is 3. The second-order valence-corrected chi connectivity index (χ2v) is 10.3. The zero-order valence-corrected chi connectivity index (χ0v) is 20.1. The number of methoxy groups -OCH3 is 1. The first-order valence-electron chi connectivity index (χ1n) is 11.3. The van der Waals surface area contributed by atoms with Crippen LogP contribution >= 0.6 is 0 Å². The maximum Gasteiger partial charge on any atom is 0.359 e. The minimum atomic E-state index is -2.14. The Morgan fingerprint density at radius 2 is 1.80 bits per heavy atom. The molecule has 35 heavy (non-hydrogen) atoms. The molecule has 4 aliphatic rings. The number of phenolic OH excluding ortho intramolecular Hbond substituents is 1. The zero-order chi connectivity index (χ0) is 25.6. The van der Waals surface area contributed by atoms with Gasteiger partial charge in [0.2, 0.25) is 11.4 Å². The van der Waals surface area contributed by atoms with Crippen LogP contribution in [-0.4, -0.2) is 53.2 Å². The van der Waals surface area contributed by atoms with Crippen LogP contribution in [0.2, 0.25) is 0 Å². The summed E-state index contributed by atoms with van der Waals surface area (Å²) in [6, 6.07) is 2.92. The van der Waals surface area contributed by atoms with Crippen LogP contribution in [-0.2, 0) is 28.6 Å². The average molecular weight is 482 g/mol. The standard InChI is InChI=1S/C26H26O9/c1-13-11-15(27)18-16(12-13)34-26(22(31)32-5)14(19(18)28)7-6-8-17(26)33-21(30)25-10-9-24(4,20(29)35-25)23(25,2)3/h6-8,11-12,17,27H,9-10H2,1-5H3/t17-,24+,25-,26+/m1/s1. The molecule has 0 spiro atoms. The van der Waals surface area contributed by atoms with Crippen molar-refractivity contribution in [3.05, 3.63) is 47.1 Å². The molecule has 5 rings (SSSR count). The van der Waals surface area contributed by atoms with Gasteiger partial charge in [-0.05, 0) is 50.5 Å². The third-order valence-corrected chi connectivity index (χ3v) is 8.45. The lowest BCUT2D eigenvalue weighted by molar-refractivity contribution is -0.194. The first kappa shape index (κ1) is 23.1.